The number of sulfone groups is 1. The van der Waals surface area contributed by atoms with Crippen molar-refractivity contribution in [3.8, 4) is 0 Å². The number of hydrogen-bond donors (Lipinski definition) is 0. The van der Waals surface area contributed by atoms with E-state index in [1.54, 1.807) is 18.2 Å². The van der Waals surface area contributed by atoms with Gasteiger partial charge < -0.3 is 4.74 Å². The Hall–Kier alpha value is -0.940. The summed E-state index contributed by atoms with van der Waals surface area (Å²) in [6.45, 7) is 0.600. The average molecular weight is 258 g/mol. The first-order valence-corrected chi connectivity index (χ1v) is 7.20. The Morgan fingerprint density at radius 3 is 2.65 bits per heavy atom. The van der Waals surface area contributed by atoms with Gasteiger partial charge in [0.1, 0.15) is 0 Å². The summed E-state index contributed by atoms with van der Waals surface area (Å²) < 4.78 is 42.9. The molecule has 0 N–H and O–H groups in total. The third kappa shape index (κ3) is 2.84. The summed E-state index contributed by atoms with van der Waals surface area (Å²) in [5.41, 5.74) is -1.88. The molecule has 1 heterocycles. The van der Waals surface area contributed by atoms with Crippen molar-refractivity contribution in [2.24, 2.45) is 0 Å². The zero-order chi connectivity index (χ0) is 12.3. The lowest BCUT2D eigenvalue weighted by Crippen LogP contribution is -2.22. The number of alkyl halides is 1. The minimum absolute atomic E-state index is 0.0329. The number of hydrogen-bond acceptors (Lipinski definition) is 3. The maximum atomic E-state index is 13.9. The third-order valence-corrected chi connectivity index (χ3v) is 4.68. The molecule has 2 rings (SSSR count). The van der Waals surface area contributed by atoms with E-state index in [1.807, 2.05) is 0 Å². The predicted octanol–water partition coefficient (Wildman–Crippen LogP) is 2.33. The first kappa shape index (κ1) is 12.5. The monoisotopic (exact) mass is 258 g/mol. The summed E-state index contributed by atoms with van der Waals surface area (Å²) >= 11 is 0. The molecule has 94 valence electrons. The van der Waals surface area contributed by atoms with Crippen LogP contribution in [0.5, 0.6) is 0 Å². The van der Waals surface area contributed by atoms with E-state index in [0.717, 1.165) is 12.8 Å². The Bertz CT molecular complexity index is 452. The van der Waals surface area contributed by atoms with Gasteiger partial charge >= 0.3 is 0 Å². The van der Waals surface area contributed by atoms with Crippen molar-refractivity contribution < 1.29 is 17.5 Å². The fraction of sp³-hybridized carbons (Fsp3) is 0.500. The Kier molecular flexibility index (Phi) is 3.79. The lowest BCUT2D eigenvalue weighted by Gasteiger charge is -2.14. The molecule has 0 aromatic heterocycles. The Morgan fingerprint density at radius 1 is 1.35 bits per heavy atom. The molecule has 17 heavy (non-hydrogen) atoms. The summed E-state index contributed by atoms with van der Waals surface area (Å²) in [6.07, 6.45) is 1.29. The Balaban J connectivity index is 2.09. The van der Waals surface area contributed by atoms with Gasteiger partial charge in [-0.2, -0.15) is 0 Å². The van der Waals surface area contributed by atoms with E-state index < -0.39 is 15.3 Å². The first-order chi connectivity index (χ1) is 8.10. The van der Waals surface area contributed by atoms with Crippen molar-refractivity contribution >= 4 is 9.84 Å². The molecule has 0 amide bonds. The molecule has 0 spiro atoms. The normalized spacial score (nSPS) is 22.5. The summed E-state index contributed by atoms with van der Waals surface area (Å²) in [5.74, 6) is 0. The van der Waals surface area contributed by atoms with Gasteiger partial charge in [0.25, 0.3) is 0 Å². The lowest BCUT2D eigenvalue weighted by atomic mass is 10.2. The number of benzene rings is 1. The first-order valence-electron chi connectivity index (χ1n) is 5.65. The van der Waals surface area contributed by atoms with Gasteiger partial charge in [0.2, 0.25) is 15.3 Å². The fourth-order valence-corrected chi connectivity index (χ4v) is 3.22. The molecule has 0 saturated carbocycles. The summed E-state index contributed by atoms with van der Waals surface area (Å²) in [4.78, 5) is 0.0329. The average Bonchev–Trinajstić information content (AvgIpc) is 2.83. The van der Waals surface area contributed by atoms with E-state index in [2.05, 4.69) is 0 Å². The van der Waals surface area contributed by atoms with Crippen LogP contribution in [0.25, 0.3) is 0 Å². The molecule has 0 radical (unpaired) electrons. The van der Waals surface area contributed by atoms with Crippen LogP contribution in [-0.2, 0) is 14.6 Å². The van der Waals surface area contributed by atoms with E-state index in [-0.39, 0.29) is 17.4 Å². The molecule has 0 unspecified atom stereocenters. The van der Waals surface area contributed by atoms with Crippen molar-refractivity contribution in [1.82, 2.24) is 0 Å². The van der Waals surface area contributed by atoms with Crippen LogP contribution in [0, 0.1) is 0 Å². The minimum atomic E-state index is -3.87. The predicted molar refractivity (Wildman–Crippen MR) is 62.1 cm³/mol. The van der Waals surface area contributed by atoms with Gasteiger partial charge in [-0.15, -0.1) is 0 Å². The quantitative estimate of drug-likeness (QED) is 0.832. The van der Waals surface area contributed by atoms with Crippen molar-refractivity contribution in [3.63, 3.8) is 0 Å². The lowest BCUT2D eigenvalue weighted by molar-refractivity contribution is 0.0926. The van der Waals surface area contributed by atoms with Crippen molar-refractivity contribution in [3.05, 3.63) is 30.3 Å². The molecule has 3 nitrogen and oxygen atoms in total. The van der Waals surface area contributed by atoms with E-state index in [4.69, 9.17) is 4.74 Å². The highest BCUT2D eigenvalue weighted by Crippen LogP contribution is 2.25. The topological polar surface area (TPSA) is 43.4 Å². The second-order valence-corrected chi connectivity index (χ2v) is 6.21. The molecule has 2 atom stereocenters. The van der Waals surface area contributed by atoms with Crippen molar-refractivity contribution in [2.45, 2.75) is 35.8 Å². The largest absolute Gasteiger partial charge is 0.378 e. The zero-order valence-corrected chi connectivity index (χ0v) is 10.2. The van der Waals surface area contributed by atoms with Crippen LogP contribution >= 0.6 is 0 Å². The maximum absolute atomic E-state index is 13.9. The highest BCUT2D eigenvalue weighted by Gasteiger charge is 2.31. The molecular formula is C12H15FO3S. The van der Waals surface area contributed by atoms with Crippen LogP contribution in [0.4, 0.5) is 4.39 Å². The Morgan fingerprint density at radius 2 is 2.06 bits per heavy atom. The fourth-order valence-electron chi connectivity index (χ4n) is 1.92. The number of rotatable bonds is 4. The van der Waals surface area contributed by atoms with E-state index in [1.165, 1.54) is 12.1 Å². The molecule has 0 bridgehead atoms. The highest BCUT2D eigenvalue weighted by atomic mass is 32.2. The molecule has 1 aromatic rings. The van der Waals surface area contributed by atoms with E-state index >= 15 is 0 Å². The highest BCUT2D eigenvalue weighted by molar-refractivity contribution is 7.91. The molecular weight excluding hydrogens is 243 g/mol. The molecule has 1 aromatic carbocycles. The van der Waals surface area contributed by atoms with E-state index in [0.29, 0.717) is 6.61 Å². The molecule has 1 saturated heterocycles. The van der Waals surface area contributed by atoms with Crippen molar-refractivity contribution in [2.75, 3.05) is 6.61 Å². The minimum Gasteiger partial charge on any atom is -0.378 e. The van der Waals surface area contributed by atoms with Gasteiger partial charge in [-0.1, -0.05) is 18.2 Å². The van der Waals surface area contributed by atoms with Crippen LogP contribution in [0.2, 0.25) is 0 Å². The summed E-state index contributed by atoms with van der Waals surface area (Å²) in [7, 11) is -3.87. The van der Waals surface area contributed by atoms with Crippen LogP contribution in [0.15, 0.2) is 35.2 Å². The molecule has 1 aliphatic rings. The SMILES string of the molecule is O=S(=O)(c1ccccc1)[C@@H](F)C[C@H]1CCCO1. The van der Waals surface area contributed by atoms with Crippen molar-refractivity contribution in [1.29, 1.82) is 0 Å². The Labute approximate surface area is 101 Å². The molecule has 1 aliphatic heterocycles. The van der Waals surface area contributed by atoms with Crippen LogP contribution in [0.1, 0.15) is 19.3 Å². The summed E-state index contributed by atoms with van der Waals surface area (Å²) in [5, 5.41) is 0. The standard InChI is InChI=1S/C12H15FO3S/c13-12(9-10-5-4-8-16-10)17(14,15)11-6-2-1-3-7-11/h1-3,6-7,10,12H,4-5,8-9H2/t10-,12-/m1/s1. The van der Waals surface area contributed by atoms with E-state index in [9.17, 15) is 12.8 Å². The summed E-state index contributed by atoms with van der Waals surface area (Å²) in [6, 6.07) is 7.71. The second kappa shape index (κ2) is 5.14. The zero-order valence-electron chi connectivity index (χ0n) is 9.38. The van der Waals surface area contributed by atoms with Gasteiger partial charge in [-0.3, -0.25) is 0 Å². The maximum Gasteiger partial charge on any atom is 0.210 e. The second-order valence-electron chi connectivity index (χ2n) is 4.14. The van der Waals surface area contributed by atoms with Gasteiger partial charge in [0.05, 0.1) is 11.0 Å². The van der Waals surface area contributed by atoms with Gasteiger partial charge in [-0.05, 0) is 25.0 Å². The number of halogens is 1. The van der Waals surface area contributed by atoms with Crippen LogP contribution < -0.4 is 0 Å². The smallest absolute Gasteiger partial charge is 0.210 e. The van der Waals surface area contributed by atoms with Gasteiger partial charge in [0.15, 0.2) is 0 Å². The number of ether oxygens (including phenoxy) is 1. The molecule has 0 aliphatic carbocycles. The van der Waals surface area contributed by atoms with Gasteiger partial charge in [-0.25, -0.2) is 12.8 Å². The third-order valence-electron chi connectivity index (χ3n) is 2.88. The molecule has 5 heteroatoms. The van der Waals surface area contributed by atoms with Gasteiger partial charge in [0, 0.05) is 13.0 Å². The van der Waals surface area contributed by atoms with Crippen LogP contribution in [0.3, 0.4) is 0 Å². The molecule has 1 fully saturated rings. The van der Waals surface area contributed by atoms with Crippen LogP contribution in [-0.4, -0.2) is 26.6 Å².